The number of benzene rings is 2. The monoisotopic (exact) mass is 317 g/mol. The quantitative estimate of drug-likeness (QED) is 0.780. The van der Waals surface area contributed by atoms with Crippen molar-refractivity contribution < 1.29 is 4.79 Å². The third-order valence-electron chi connectivity index (χ3n) is 4.67. The minimum Gasteiger partial charge on any atom is -0.324 e. The van der Waals surface area contributed by atoms with Crippen molar-refractivity contribution in [2.45, 2.75) is 5.92 Å². The molecule has 4 heteroatoms. The lowest BCUT2D eigenvalue weighted by Gasteiger charge is -2.19. The summed E-state index contributed by atoms with van der Waals surface area (Å²) in [7, 11) is 0. The third-order valence-corrected chi connectivity index (χ3v) is 4.67. The lowest BCUT2D eigenvalue weighted by molar-refractivity contribution is -0.119. The van der Waals surface area contributed by atoms with Crippen LogP contribution in [0.4, 0.5) is 5.69 Å². The zero-order chi connectivity index (χ0) is 16.4. The molecule has 0 saturated carbocycles. The van der Waals surface area contributed by atoms with Gasteiger partial charge in [0, 0.05) is 30.6 Å². The predicted molar refractivity (Wildman–Crippen MR) is 95.9 cm³/mol. The number of rotatable bonds is 3. The fraction of sp³-hybridized carbons (Fsp3) is 0.200. The summed E-state index contributed by atoms with van der Waals surface area (Å²) < 4.78 is 0. The molecule has 2 aromatic carbocycles. The summed E-state index contributed by atoms with van der Waals surface area (Å²) in [6.07, 6.45) is 1.75. The van der Waals surface area contributed by atoms with Crippen LogP contribution in [0.2, 0.25) is 0 Å². The first kappa shape index (κ1) is 14.8. The minimum atomic E-state index is -0.0774. The number of fused-ring (bicyclic) bond motifs is 1. The molecule has 0 radical (unpaired) electrons. The summed E-state index contributed by atoms with van der Waals surface area (Å²) in [6.45, 7) is 1.53. The van der Waals surface area contributed by atoms with Crippen LogP contribution < -0.4 is 10.6 Å². The van der Waals surface area contributed by atoms with Crippen molar-refractivity contribution >= 4 is 22.5 Å². The van der Waals surface area contributed by atoms with Crippen LogP contribution in [-0.2, 0) is 4.79 Å². The van der Waals surface area contributed by atoms with Gasteiger partial charge >= 0.3 is 0 Å². The maximum Gasteiger partial charge on any atom is 0.229 e. The zero-order valence-electron chi connectivity index (χ0n) is 13.3. The lowest BCUT2D eigenvalue weighted by Crippen LogP contribution is -2.28. The van der Waals surface area contributed by atoms with E-state index in [1.165, 1.54) is 5.56 Å². The standard InChI is InChI=1S/C20H19N3O/c24-20(17-13-21-12-16(17)14-6-2-1-3-7-14)23-18-10-4-8-15-9-5-11-22-19(15)18/h1-11,16-17,21H,12-13H2,(H,23,24)/t16-,17+/m0/s1. The van der Waals surface area contributed by atoms with Gasteiger partial charge < -0.3 is 10.6 Å². The topological polar surface area (TPSA) is 54.0 Å². The normalized spacial score (nSPS) is 20.2. The van der Waals surface area contributed by atoms with Crippen LogP contribution in [0.3, 0.4) is 0 Å². The van der Waals surface area contributed by atoms with E-state index in [4.69, 9.17) is 0 Å². The van der Waals surface area contributed by atoms with Gasteiger partial charge in [-0.1, -0.05) is 48.5 Å². The van der Waals surface area contributed by atoms with Gasteiger partial charge in [-0.2, -0.15) is 0 Å². The molecule has 3 aromatic rings. The van der Waals surface area contributed by atoms with Crippen molar-refractivity contribution in [1.82, 2.24) is 10.3 Å². The van der Waals surface area contributed by atoms with Crippen molar-refractivity contribution in [3.05, 3.63) is 72.4 Å². The predicted octanol–water partition coefficient (Wildman–Crippen LogP) is 3.18. The van der Waals surface area contributed by atoms with Crippen LogP contribution in [0.25, 0.3) is 10.9 Å². The molecule has 1 saturated heterocycles. The summed E-state index contributed by atoms with van der Waals surface area (Å²) in [5, 5.41) is 7.46. The fourth-order valence-electron chi connectivity index (χ4n) is 3.44. The molecule has 0 aliphatic carbocycles. The average Bonchev–Trinajstić information content (AvgIpc) is 3.13. The Balaban J connectivity index is 1.59. The van der Waals surface area contributed by atoms with E-state index in [1.54, 1.807) is 6.20 Å². The highest BCUT2D eigenvalue weighted by molar-refractivity contribution is 6.01. The van der Waals surface area contributed by atoms with E-state index in [2.05, 4.69) is 27.8 Å². The Labute approximate surface area is 140 Å². The molecule has 4 rings (SSSR count). The van der Waals surface area contributed by atoms with E-state index in [0.29, 0.717) is 6.54 Å². The number of hydrogen-bond acceptors (Lipinski definition) is 3. The minimum absolute atomic E-state index is 0.0482. The summed E-state index contributed by atoms with van der Waals surface area (Å²) in [5.41, 5.74) is 2.81. The number of nitrogens with one attached hydrogen (secondary N) is 2. The summed E-state index contributed by atoms with van der Waals surface area (Å²) in [5.74, 6) is 0.174. The van der Waals surface area contributed by atoms with Gasteiger partial charge in [-0.25, -0.2) is 0 Å². The van der Waals surface area contributed by atoms with Gasteiger partial charge in [0.15, 0.2) is 0 Å². The van der Waals surface area contributed by atoms with E-state index in [0.717, 1.165) is 23.1 Å². The van der Waals surface area contributed by atoms with Crippen LogP contribution in [0, 0.1) is 5.92 Å². The number of hydrogen-bond donors (Lipinski definition) is 2. The molecular weight excluding hydrogens is 298 g/mol. The Kier molecular flexibility index (Phi) is 3.97. The number of aromatic nitrogens is 1. The summed E-state index contributed by atoms with van der Waals surface area (Å²) in [6, 6.07) is 20.0. The largest absolute Gasteiger partial charge is 0.324 e. The Bertz CT molecular complexity index is 858. The van der Waals surface area contributed by atoms with Crippen LogP contribution in [0.5, 0.6) is 0 Å². The lowest BCUT2D eigenvalue weighted by atomic mass is 9.88. The van der Waals surface area contributed by atoms with Crippen molar-refractivity contribution in [2.24, 2.45) is 5.92 Å². The second-order valence-electron chi connectivity index (χ2n) is 6.15. The number of anilines is 1. The molecule has 1 aliphatic heterocycles. The Morgan fingerprint density at radius 1 is 1.00 bits per heavy atom. The first-order chi connectivity index (χ1) is 11.8. The molecule has 1 amide bonds. The van der Waals surface area contributed by atoms with E-state index in [9.17, 15) is 4.79 Å². The molecule has 1 aliphatic rings. The van der Waals surface area contributed by atoms with Crippen molar-refractivity contribution in [3.8, 4) is 0 Å². The van der Waals surface area contributed by atoms with E-state index in [-0.39, 0.29) is 17.7 Å². The molecule has 2 heterocycles. The van der Waals surface area contributed by atoms with Gasteiger partial charge in [-0.15, -0.1) is 0 Å². The average molecular weight is 317 g/mol. The molecule has 2 N–H and O–H groups in total. The number of nitrogens with zero attached hydrogens (tertiary/aromatic N) is 1. The van der Waals surface area contributed by atoms with Crippen LogP contribution >= 0.6 is 0 Å². The highest BCUT2D eigenvalue weighted by Gasteiger charge is 2.34. The van der Waals surface area contributed by atoms with Gasteiger partial charge in [0.25, 0.3) is 0 Å². The second-order valence-corrected chi connectivity index (χ2v) is 6.15. The Hall–Kier alpha value is -2.72. The summed E-state index contributed by atoms with van der Waals surface area (Å²) >= 11 is 0. The van der Waals surface area contributed by atoms with Gasteiger partial charge in [-0.05, 0) is 17.7 Å². The van der Waals surface area contributed by atoms with Gasteiger partial charge in [-0.3, -0.25) is 9.78 Å². The Morgan fingerprint density at radius 2 is 1.83 bits per heavy atom. The molecular formula is C20H19N3O. The first-order valence-electron chi connectivity index (χ1n) is 8.23. The number of carbonyl (C=O) groups is 1. The van der Waals surface area contributed by atoms with E-state index in [1.807, 2.05) is 48.5 Å². The van der Waals surface area contributed by atoms with Crippen LogP contribution in [-0.4, -0.2) is 24.0 Å². The molecule has 120 valence electrons. The zero-order valence-corrected chi connectivity index (χ0v) is 13.3. The van der Waals surface area contributed by atoms with Crippen molar-refractivity contribution in [2.75, 3.05) is 18.4 Å². The number of amides is 1. The number of pyridine rings is 1. The molecule has 0 bridgehead atoms. The second kappa shape index (κ2) is 6.42. The molecule has 0 spiro atoms. The van der Waals surface area contributed by atoms with Gasteiger partial charge in [0.2, 0.25) is 5.91 Å². The molecule has 2 atom stereocenters. The van der Waals surface area contributed by atoms with Gasteiger partial charge in [0.1, 0.15) is 0 Å². The van der Waals surface area contributed by atoms with E-state index >= 15 is 0 Å². The number of para-hydroxylation sites is 1. The molecule has 4 nitrogen and oxygen atoms in total. The molecule has 1 fully saturated rings. The smallest absolute Gasteiger partial charge is 0.229 e. The first-order valence-corrected chi connectivity index (χ1v) is 8.23. The maximum absolute atomic E-state index is 12.9. The van der Waals surface area contributed by atoms with E-state index < -0.39 is 0 Å². The molecule has 0 unspecified atom stereocenters. The van der Waals surface area contributed by atoms with Crippen LogP contribution in [0.1, 0.15) is 11.5 Å². The highest BCUT2D eigenvalue weighted by Crippen LogP contribution is 2.30. The summed E-state index contributed by atoms with van der Waals surface area (Å²) in [4.78, 5) is 17.3. The number of carbonyl (C=O) groups excluding carboxylic acids is 1. The van der Waals surface area contributed by atoms with Gasteiger partial charge in [0.05, 0.1) is 17.1 Å². The molecule has 1 aromatic heterocycles. The maximum atomic E-state index is 12.9. The SMILES string of the molecule is O=C(Nc1cccc2cccnc12)[C@@H]1CNC[C@H]1c1ccccc1. The fourth-order valence-corrected chi connectivity index (χ4v) is 3.44. The third kappa shape index (κ3) is 2.76. The van der Waals surface area contributed by atoms with Crippen LogP contribution in [0.15, 0.2) is 66.9 Å². The van der Waals surface area contributed by atoms with Crippen molar-refractivity contribution in [3.63, 3.8) is 0 Å². The molecule has 24 heavy (non-hydrogen) atoms. The Morgan fingerprint density at radius 3 is 2.71 bits per heavy atom. The van der Waals surface area contributed by atoms with Crippen molar-refractivity contribution in [1.29, 1.82) is 0 Å². The highest BCUT2D eigenvalue weighted by atomic mass is 16.2.